The fraction of sp³-hybridized carbons (Fsp3) is 0.211. The number of hydrogen-bond donors (Lipinski definition) is 2. The second-order valence-corrected chi connectivity index (χ2v) is 5.12. The summed E-state index contributed by atoms with van der Waals surface area (Å²) in [5.41, 5.74) is 1.34. The molecule has 2 aromatic carbocycles. The van der Waals surface area contributed by atoms with E-state index in [1.165, 1.54) is 30.3 Å². The van der Waals surface area contributed by atoms with Gasteiger partial charge in [0, 0.05) is 18.2 Å². The molecule has 2 N–H and O–H groups in total. The minimum atomic E-state index is -0.890. The standard InChI is InChI=1S/C19H20FNO3/c1-2-24-18-6-4-3-5-15(18)9-12-19(23)21-13-17(22)14-7-10-16(20)11-8-14/h3-12,17,22H,2,13H2,1H3,(H,21,23)/b12-9+. The lowest BCUT2D eigenvalue weighted by Crippen LogP contribution is -2.26. The Bertz CT molecular complexity index is 698. The van der Waals surface area contributed by atoms with Crippen molar-refractivity contribution in [1.29, 1.82) is 0 Å². The minimum absolute atomic E-state index is 0.0436. The quantitative estimate of drug-likeness (QED) is 0.768. The Morgan fingerprint density at radius 3 is 2.67 bits per heavy atom. The van der Waals surface area contributed by atoms with Gasteiger partial charge in [-0.25, -0.2) is 4.39 Å². The van der Waals surface area contributed by atoms with Gasteiger partial charge in [0.2, 0.25) is 5.91 Å². The number of ether oxygens (including phenoxy) is 1. The average Bonchev–Trinajstić information content (AvgIpc) is 2.60. The Morgan fingerprint density at radius 1 is 1.25 bits per heavy atom. The summed E-state index contributed by atoms with van der Waals surface area (Å²) in [4.78, 5) is 11.9. The van der Waals surface area contributed by atoms with Crippen molar-refractivity contribution in [2.45, 2.75) is 13.0 Å². The molecule has 0 bridgehead atoms. The molecule has 1 atom stereocenters. The maximum Gasteiger partial charge on any atom is 0.244 e. The monoisotopic (exact) mass is 329 g/mol. The van der Waals surface area contributed by atoms with Crippen LogP contribution in [0.25, 0.3) is 6.08 Å². The lowest BCUT2D eigenvalue weighted by Gasteiger charge is -2.11. The summed E-state index contributed by atoms with van der Waals surface area (Å²) in [6.07, 6.45) is 2.15. The lowest BCUT2D eigenvalue weighted by atomic mass is 10.1. The summed E-state index contributed by atoms with van der Waals surface area (Å²) in [5, 5.41) is 12.6. The molecule has 2 aromatic rings. The molecule has 0 heterocycles. The Labute approximate surface area is 140 Å². The number of aliphatic hydroxyl groups is 1. The van der Waals surface area contributed by atoms with E-state index in [0.717, 1.165) is 5.56 Å². The number of aliphatic hydroxyl groups excluding tert-OH is 1. The maximum atomic E-state index is 12.8. The molecule has 0 fully saturated rings. The Balaban J connectivity index is 1.90. The van der Waals surface area contributed by atoms with E-state index in [1.54, 1.807) is 6.08 Å². The van der Waals surface area contributed by atoms with Crippen LogP contribution >= 0.6 is 0 Å². The molecule has 0 aliphatic heterocycles. The van der Waals surface area contributed by atoms with E-state index < -0.39 is 6.10 Å². The van der Waals surface area contributed by atoms with Gasteiger partial charge in [0.05, 0.1) is 12.7 Å². The molecule has 0 spiro atoms. The smallest absolute Gasteiger partial charge is 0.244 e. The summed E-state index contributed by atoms with van der Waals surface area (Å²) in [7, 11) is 0. The van der Waals surface area contributed by atoms with Crippen LogP contribution < -0.4 is 10.1 Å². The van der Waals surface area contributed by atoms with E-state index >= 15 is 0 Å². The van der Waals surface area contributed by atoms with Gasteiger partial charge < -0.3 is 15.2 Å². The van der Waals surface area contributed by atoms with Gasteiger partial charge in [0.15, 0.2) is 0 Å². The van der Waals surface area contributed by atoms with Gasteiger partial charge in [-0.2, -0.15) is 0 Å². The zero-order chi connectivity index (χ0) is 17.4. The molecule has 4 nitrogen and oxygen atoms in total. The van der Waals surface area contributed by atoms with Crippen LogP contribution in [-0.2, 0) is 4.79 Å². The van der Waals surface area contributed by atoms with Crippen molar-refractivity contribution in [2.75, 3.05) is 13.2 Å². The first-order chi connectivity index (χ1) is 11.6. The molecular formula is C19H20FNO3. The molecule has 0 radical (unpaired) electrons. The molecule has 2 rings (SSSR count). The van der Waals surface area contributed by atoms with E-state index in [-0.39, 0.29) is 18.3 Å². The summed E-state index contributed by atoms with van der Waals surface area (Å²) in [5.74, 6) is 0.00347. The van der Waals surface area contributed by atoms with Crippen molar-refractivity contribution < 1.29 is 19.0 Å². The SMILES string of the molecule is CCOc1ccccc1/C=C/C(=O)NCC(O)c1ccc(F)cc1. The second-order valence-electron chi connectivity index (χ2n) is 5.12. The Kier molecular flexibility index (Phi) is 6.51. The van der Waals surface area contributed by atoms with Gasteiger partial charge >= 0.3 is 0 Å². The fourth-order valence-corrected chi connectivity index (χ4v) is 2.13. The van der Waals surface area contributed by atoms with Crippen molar-refractivity contribution in [2.24, 2.45) is 0 Å². The van der Waals surface area contributed by atoms with E-state index in [2.05, 4.69) is 5.32 Å². The number of nitrogens with one attached hydrogen (secondary N) is 1. The molecule has 0 aromatic heterocycles. The van der Waals surface area contributed by atoms with Crippen molar-refractivity contribution in [3.63, 3.8) is 0 Å². The molecule has 5 heteroatoms. The predicted molar refractivity (Wildman–Crippen MR) is 91.0 cm³/mol. The fourth-order valence-electron chi connectivity index (χ4n) is 2.13. The minimum Gasteiger partial charge on any atom is -0.493 e. The van der Waals surface area contributed by atoms with Gasteiger partial charge in [-0.3, -0.25) is 4.79 Å². The Hall–Kier alpha value is -2.66. The first-order valence-corrected chi connectivity index (χ1v) is 7.71. The zero-order valence-electron chi connectivity index (χ0n) is 13.4. The van der Waals surface area contributed by atoms with Crippen LogP contribution in [0.2, 0.25) is 0 Å². The number of benzene rings is 2. The molecule has 0 aliphatic rings. The zero-order valence-corrected chi connectivity index (χ0v) is 13.4. The molecule has 24 heavy (non-hydrogen) atoms. The summed E-state index contributed by atoms with van der Waals surface area (Å²) >= 11 is 0. The molecule has 0 saturated carbocycles. The third-order valence-electron chi connectivity index (χ3n) is 3.36. The van der Waals surface area contributed by atoms with Crippen molar-refractivity contribution >= 4 is 12.0 Å². The number of carbonyl (C=O) groups excluding carboxylic acids is 1. The molecular weight excluding hydrogens is 309 g/mol. The highest BCUT2D eigenvalue weighted by Crippen LogP contribution is 2.19. The van der Waals surface area contributed by atoms with Crippen LogP contribution in [-0.4, -0.2) is 24.2 Å². The van der Waals surface area contributed by atoms with Crippen LogP contribution in [0.5, 0.6) is 5.75 Å². The molecule has 1 unspecified atom stereocenters. The lowest BCUT2D eigenvalue weighted by molar-refractivity contribution is -0.116. The van der Waals surface area contributed by atoms with Crippen LogP contribution in [0.3, 0.4) is 0 Å². The van der Waals surface area contributed by atoms with E-state index in [1.807, 2.05) is 31.2 Å². The number of carbonyl (C=O) groups is 1. The summed E-state index contributed by atoms with van der Waals surface area (Å²) in [6, 6.07) is 12.9. The second kappa shape index (κ2) is 8.84. The van der Waals surface area contributed by atoms with Gasteiger partial charge in [-0.1, -0.05) is 30.3 Å². The topological polar surface area (TPSA) is 58.6 Å². The van der Waals surface area contributed by atoms with Crippen molar-refractivity contribution in [1.82, 2.24) is 5.32 Å². The molecule has 126 valence electrons. The van der Waals surface area contributed by atoms with Crippen molar-refractivity contribution in [3.8, 4) is 5.75 Å². The van der Waals surface area contributed by atoms with E-state index in [4.69, 9.17) is 4.74 Å². The number of amides is 1. The number of halogens is 1. The van der Waals surface area contributed by atoms with Crippen molar-refractivity contribution in [3.05, 3.63) is 71.6 Å². The van der Waals surface area contributed by atoms with E-state index in [9.17, 15) is 14.3 Å². The van der Waals surface area contributed by atoms with Crippen LogP contribution in [0.1, 0.15) is 24.2 Å². The first-order valence-electron chi connectivity index (χ1n) is 7.71. The number of rotatable bonds is 7. The highest BCUT2D eigenvalue weighted by molar-refractivity contribution is 5.92. The third-order valence-corrected chi connectivity index (χ3v) is 3.36. The molecule has 1 amide bonds. The largest absolute Gasteiger partial charge is 0.493 e. The van der Waals surface area contributed by atoms with E-state index in [0.29, 0.717) is 17.9 Å². The van der Waals surface area contributed by atoms with Crippen LogP contribution in [0, 0.1) is 5.82 Å². The number of para-hydroxylation sites is 1. The van der Waals surface area contributed by atoms with Crippen LogP contribution in [0.15, 0.2) is 54.6 Å². The van der Waals surface area contributed by atoms with Gasteiger partial charge in [-0.05, 0) is 36.8 Å². The molecule has 0 saturated heterocycles. The highest BCUT2D eigenvalue weighted by atomic mass is 19.1. The van der Waals surface area contributed by atoms with Gasteiger partial charge in [-0.15, -0.1) is 0 Å². The first kappa shape index (κ1) is 17.7. The van der Waals surface area contributed by atoms with Gasteiger partial charge in [0.1, 0.15) is 11.6 Å². The van der Waals surface area contributed by atoms with Crippen LogP contribution in [0.4, 0.5) is 4.39 Å². The number of hydrogen-bond acceptors (Lipinski definition) is 3. The summed E-state index contributed by atoms with van der Waals surface area (Å²) in [6.45, 7) is 2.48. The average molecular weight is 329 g/mol. The highest BCUT2D eigenvalue weighted by Gasteiger charge is 2.08. The Morgan fingerprint density at radius 2 is 1.96 bits per heavy atom. The maximum absolute atomic E-state index is 12.8. The summed E-state index contributed by atoms with van der Waals surface area (Å²) < 4.78 is 18.3. The normalized spacial score (nSPS) is 12.1. The predicted octanol–water partition coefficient (Wildman–Crippen LogP) is 3.09. The molecule has 0 aliphatic carbocycles. The van der Waals surface area contributed by atoms with Gasteiger partial charge in [0.25, 0.3) is 0 Å². The third kappa shape index (κ3) is 5.21.